The van der Waals surface area contributed by atoms with E-state index in [1.54, 1.807) is 0 Å². The van der Waals surface area contributed by atoms with Crippen molar-refractivity contribution in [1.82, 2.24) is 4.57 Å². The van der Waals surface area contributed by atoms with Crippen LogP contribution in [0.2, 0.25) is 25.7 Å². The van der Waals surface area contributed by atoms with Gasteiger partial charge in [0.15, 0.2) is 0 Å². The van der Waals surface area contributed by atoms with Crippen molar-refractivity contribution in [3.8, 4) is 0 Å². The molecule has 0 saturated heterocycles. The maximum absolute atomic E-state index is 6.53. The highest BCUT2D eigenvalue weighted by Gasteiger charge is 2.16. The highest BCUT2D eigenvalue weighted by Crippen LogP contribution is 2.35. The molecule has 0 aliphatic heterocycles. The summed E-state index contributed by atoms with van der Waals surface area (Å²) >= 11 is 0. The van der Waals surface area contributed by atoms with Crippen LogP contribution in [0.1, 0.15) is 24.0 Å². The molecule has 0 spiro atoms. The molecule has 4 rings (SSSR count). The molecule has 3 N–H and O–H groups in total. The zero-order valence-corrected chi connectivity index (χ0v) is 18.9. The highest BCUT2D eigenvalue weighted by molar-refractivity contribution is 6.76. The average molecular weight is 408 g/mol. The van der Waals surface area contributed by atoms with Crippen LogP contribution in [-0.4, -0.2) is 19.2 Å². The van der Waals surface area contributed by atoms with Gasteiger partial charge in [-0.3, -0.25) is 0 Å². The van der Waals surface area contributed by atoms with Gasteiger partial charge in [0.2, 0.25) is 0 Å². The van der Waals surface area contributed by atoms with Gasteiger partial charge in [-0.1, -0.05) is 31.8 Å². The number of nitrogens with zero attached hydrogens (tertiary/aromatic N) is 1. The Hall–Kier alpha value is -2.24. The van der Waals surface area contributed by atoms with E-state index in [0.717, 1.165) is 36.5 Å². The molecule has 1 heterocycles. The summed E-state index contributed by atoms with van der Waals surface area (Å²) in [7, 11) is -1.06. The molecule has 5 heteroatoms. The van der Waals surface area contributed by atoms with Gasteiger partial charge in [0.25, 0.3) is 0 Å². The van der Waals surface area contributed by atoms with E-state index in [1.807, 2.05) is 0 Å². The third-order valence-corrected chi connectivity index (χ3v) is 7.59. The average Bonchev–Trinajstić information content (AvgIpc) is 3.11. The first-order valence-corrected chi connectivity index (χ1v) is 14.5. The number of nitrogens with one attached hydrogen (secondary N) is 1. The lowest BCUT2D eigenvalue weighted by molar-refractivity contribution is 0.0902. The normalized spacial score (nSPS) is 14.2. The lowest BCUT2D eigenvalue weighted by Crippen LogP contribution is -2.21. The fourth-order valence-corrected chi connectivity index (χ4v) is 4.85. The van der Waals surface area contributed by atoms with Gasteiger partial charge in [-0.25, -0.2) is 0 Å². The van der Waals surface area contributed by atoms with Crippen molar-refractivity contribution in [1.29, 1.82) is 0 Å². The summed E-state index contributed by atoms with van der Waals surface area (Å²) < 4.78 is 8.14. The summed E-state index contributed by atoms with van der Waals surface area (Å²) in [5, 5.41) is 4.79. The van der Waals surface area contributed by atoms with E-state index in [0.29, 0.717) is 6.73 Å². The van der Waals surface area contributed by atoms with Gasteiger partial charge in [-0.05, 0) is 67.1 Å². The van der Waals surface area contributed by atoms with Gasteiger partial charge in [0.1, 0.15) is 6.73 Å². The second kappa shape index (κ2) is 8.25. The Morgan fingerprint density at radius 2 is 1.86 bits per heavy atom. The molecule has 1 aliphatic rings. The maximum atomic E-state index is 6.53. The number of aryl methyl sites for hydroxylation is 1. The number of anilines is 3. The minimum Gasteiger partial charge on any atom is -0.397 e. The molecule has 1 aromatic heterocycles. The minimum atomic E-state index is -1.06. The van der Waals surface area contributed by atoms with E-state index < -0.39 is 8.07 Å². The van der Waals surface area contributed by atoms with Crippen LogP contribution >= 0.6 is 0 Å². The number of ether oxygens (including phenoxy) is 1. The van der Waals surface area contributed by atoms with E-state index in [1.165, 1.54) is 40.9 Å². The van der Waals surface area contributed by atoms with Crippen LogP contribution in [0, 0.1) is 0 Å². The van der Waals surface area contributed by atoms with Gasteiger partial charge in [-0.15, -0.1) is 0 Å². The number of hydrogen-bond acceptors (Lipinski definition) is 3. The second-order valence-electron chi connectivity index (χ2n) is 9.37. The Kier molecular flexibility index (Phi) is 5.70. The quantitative estimate of drug-likeness (QED) is 0.280. The summed E-state index contributed by atoms with van der Waals surface area (Å²) in [4.78, 5) is 0. The van der Waals surface area contributed by atoms with Crippen molar-refractivity contribution < 1.29 is 4.74 Å². The topological polar surface area (TPSA) is 52.2 Å². The van der Waals surface area contributed by atoms with E-state index in [9.17, 15) is 0 Å². The number of fused-ring (bicyclic) bond motifs is 2. The predicted molar refractivity (Wildman–Crippen MR) is 127 cm³/mol. The molecule has 4 nitrogen and oxygen atoms in total. The van der Waals surface area contributed by atoms with Gasteiger partial charge < -0.3 is 20.4 Å². The predicted octanol–water partition coefficient (Wildman–Crippen LogP) is 6.16. The first-order valence-electron chi connectivity index (χ1n) is 10.8. The molecule has 0 fully saturated rings. The standard InChI is InChI=1S/C24H33N3OSi/c1-29(2,3)16-15-28-17-27-14-13-20-21(9-6-10-23(20)27)26-22-12-11-18-7-4-5-8-19(18)24(22)25/h6,9-14,26H,4-5,7-8,15-17,25H2,1-3H3. The lowest BCUT2D eigenvalue weighted by atomic mass is 9.90. The number of nitrogens with two attached hydrogens (primary N) is 1. The smallest absolute Gasteiger partial charge is 0.122 e. The zero-order valence-electron chi connectivity index (χ0n) is 17.9. The Balaban J connectivity index is 1.53. The zero-order chi connectivity index (χ0) is 20.4. The molecule has 29 heavy (non-hydrogen) atoms. The molecule has 0 bridgehead atoms. The van der Waals surface area contributed by atoms with E-state index >= 15 is 0 Å². The van der Waals surface area contributed by atoms with Crippen LogP contribution in [0.4, 0.5) is 17.1 Å². The second-order valence-corrected chi connectivity index (χ2v) is 15.0. The minimum absolute atomic E-state index is 0.596. The van der Waals surface area contributed by atoms with Gasteiger partial charge in [-0.2, -0.15) is 0 Å². The molecule has 0 amide bonds. The molecule has 2 aromatic carbocycles. The van der Waals surface area contributed by atoms with Gasteiger partial charge >= 0.3 is 0 Å². The van der Waals surface area contributed by atoms with Crippen LogP contribution in [0.5, 0.6) is 0 Å². The Bertz CT molecular complexity index is 1000. The molecule has 154 valence electrons. The molecule has 3 aromatic rings. The molecular formula is C24H33N3OSi. The fraction of sp³-hybridized carbons (Fsp3) is 0.417. The summed E-state index contributed by atoms with van der Waals surface area (Å²) in [6, 6.07) is 14.1. The van der Waals surface area contributed by atoms with E-state index in [2.05, 4.69) is 72.1 Å². The fourth-order valence-electron chi connectivity index (χ4n) is 4.10. The molecule has 1 aliphatic carbocycles. The Labute approximate surface area is 175 Å². The number of nitrogen functional groups attached to an aromatic ring is 1. The summed E-state index contributed by atoms with van der Waals surface area (Å²) in [6.07, 6.45) is 6.85. The van der Waals surface area contributed by atoms with Crippen LogP contribution in [0.25, 0.3) is 10.9 Å². The van der Waals surface area contributed by atoms with Gasteiger partial charge in [0.05, 0.1) is 16.9 Å². The molecule has 0 unspecified atom stereocenters. The van der Waals surface area contributed by atoms with Crippen LogP contribution in [0.3, 0.4) is 0 Å². The van der Waals surface area contributed by atoms with Crippen LogP contribution in [0.15, 0.2) is 42.6 Å². The summed E-state index contributed by atoms with van der Waals surface area (Å²) in [5.74, 6) is 0. The van der Waals surface area contributed by atoms with E-state index in [4.69, 9.17) is 10.5 Å². The van der Waals surface area contributed by atoms with Crippen molar-refractivity contribution in [2.75, 3.05) is 17.7 Å². The third kappa shape index (κ3) is 4.51. The van der Waals surface area contributed by atoms with Crippen molar-refractivity contribution in [2.24, 2.45) is 0 Å². The summed E-state index contributed by atoms with van der Waals surface area (Å²) in [6.45, 7) is 8.57. The highest BCUT2D eigenvalue weighted by atomic mass is 28.3. The molecule has 0 saturated carbocycles. The third-order valence-electron chi connectivity index (χ3n) is 5.89. The van der Waals surface area contributed by atoms with Crippen LogP contribution in [-0.2, 0) is 24.3 Å². The summed E-state index contributed by atoms with van der Waals surface area (Å²) in [5.41, 5.74) is 13.5. The van der Waals surface area contributed by atoms with Crippen molar-refractivity contribution in [3.63, 3.8) is 0 Å². The van der Waals surface area contributed by atoms with Gasteiger partial charge in [0, 0.05) is 32.0 Å². The Morgan fingerprint density at radius 1 is 1.03 bits per heavy atom. The first-order chi connectivity index (χ1) is 13.9. The maximum Gasteiger partial charge on any atom is 0.122 e. The number of hydrogen-bond donors (Lipinski definition) is 2. The number of benzene rings is 2. The monoisotopic (exact) mass is 407 g/mol. The SMILES string of the molecule is C[Si](C)(C)CCOCn1ccc2c(Nc3ccc4c(c3N)CCCC4)cccc21. The van der Waals surface area contributed by atoms with Crippen molar-refractivity contribution in [2.45, 2.75) is 58.1 Å². The first kappa shape index (κ1) is 20.0. The lowest BCUT2D eigenvalue weighted by Gasteiger charge is -2.21. The van der Waals surface area contributed by atoms with E-state index in [-0.39, 0.29) is 0 Å². The molecular weight excluding hydrogens is 374 g/mol. The largest absolute Gasteiger partial charge is 0.397 e. The molecule has 0 radical (unpaired) electrons. The van der Waals surface area contributed by atoms with Crippen molar-refractivity contribution >= 4 is 36.0 Å². The Morgan fingerprint density at radius 3 is 2.69 bits per heavy atom. The number of aromatic nitrogens is 1. The van der Waals surface area contributed by atoms with Crippen molar-refractivity contribution in [3.05, 3.63) is 53.7 Å². The number of rotatable bonds is 7. The molecule has 0 atom stereocenters. The van der Waals surface area contributed by atoms with Crippen LogP contribution < -0.4 is 11.1 Å².